The maximum absolute atomic E-state index is 12.6. The molecular weight excluding hydrogens is 317 g/mol. The van der Waals surface area contributed by atoms with E-state index in [0.717, 1.165) is 48.7 Å². The molecule has 1 saturated heterocycles. The van der Waals surface area contributed by atoms with Crippen molar-refractivity contribution in [2.75, 3.05) is 18.4 Å². The highest BCUT2D eigenvalue weighted by atomic mass is 19.4. The number of aryl methyl sites for hydroxylation is 1. The number of benzene rings is 1. The van der Waals surface area contributed by atoms with Gasteiger partial charge in [-0.25, -0.2) is 4.98 Å². The van der Waals surface area contributed by atoms with Gasteiger partial charge in [-0.3, -0.25) is 9.88 Å². The average Bonchev–Trinajstić information content (AvgIpc) is 2.94. The Hall–Kier alpha value is -2.15. The van der Waals surface area contributed by atoms with Crippen LogP contribution in [0.15, 0.2) is 36.7 Å². The molecule has 2 heterocycles. The van der Waals surface area contributed by atoms with Crippen molar-refractivity contribution in [2.45, 2.75) is 32.1 Å². The van der Waals surface area contributed by atoms with Gasteiger partial charge in [-0.1, -0.05) is 12.1 Å². The number of hydrogen-bond donors (Lipinski definition) is 1. The standard InChI is InChI=1S/C17H19F3N4/c1-12-8-21-9-16(22-12)23-15-6-7-24(11-15)10-13-2-4-14(5-3-13)17(18,19)20/h2-5,8-9,15H,6-7,10-11H2,1H3,(H,22,23). The van der Waals surface area contributed by atoms with Crippen molar-refractivity contribution in [2.24, 2.45) is 0 Å². The van der Waals surface area contributed by atoms with Crippen LogP contribution in [0.2, 0.25) is 0 Å². The highest BCUT2D eigenvalue weighted by Crippen LogP contribution is 2.29. The molecule has 2 aromatic rings. The van der Waals surface area contributed by atoms with Gasteiger partial charge in [-0.15, -0.1) is 0 Å². The topological polar surface area (TPSA) is 41.1 Å². The fourth-order valence-electron chi connectivity index (χ4n) is 2.89. The fraction of sp³-hybridized carbons (Fsp3) is 0.412. The van der Waals surface area contributed by atoms with Gasteiger partial charge < -0.3 is 5.32 Å². The maximum Gasteiger partial charge on any atom is 0.416 e. The number of aromatic nitrogens is 2. The van der Waals surface area contributed by atoms with Gasteiger partial charge in [0.25, 0.3) is 0 Å². The summed E-state index contributed by atoms with van der Waals surface area (Å²) >= 11 is 0. The first-order valence-corrected chi connectivity index (χ1v) is 7.84. The van der Waals surface area contributed by atoms with Gasteiger partial charge in [-0.05, 0) is 31.0 Å². The molecule has 1 aromatic carbocycles. The summed E-state index contributed by atoms with van der Waals surface area (Å²) in [6.07, 6.45) is 0.0918. The fourth-order valence-corrected chi connectivity index (χ4v) is 2.89. The van der Waals surface area contributed by atoms with Crippen LogP contribution in [0.4, 0.5) is 19.0 Å². The van der Waals surface area contributed by atoms with Crippen LogP contribution in [0.1, 0.15) is 23.2 Å². The molecule has 1 aliphatic heterocycles. The second kappa shape index (κ2) is 6.76. The van der Waals surface area contributed by atoms with Crippen LogP contribution in [-0.2, 0) is 12.7 Å². The number of anilines is 1. The summed E-state index contributed by atoms with van der Waals surface area (Å²) in [4.78, 5) is 10.7. The molecule has 0 spiro atoms. The number of hydrogen-bond acceptors (Lipinski definition) is 4. The maximum atomic E-state index is 12.6. The Kier molecular flexibility index (Phi) is 4.71. The zero-order valence-electron chi connectivity index (χ0n) is 13.3. The molecule has 1 aliphatic rings. The van der Waals surface area contributed by atoms with Crippen molar-refractivity contribution in [1.82, 2.24) is 14.9 Å². The summed E-state index contributed by atoms with van der Waals surface area (Å²) in [6, 6.07) is 5.66. The van der Waals surface area contributed by atoms with E-state index in [-0.39, 0.29) is 6.04 Å². The molecule has 1 atom stereocenters. The summed E-state index contributed by atoms with van der Waals surface area (Å²) in [7, 11) is 0. The molecule has 0 amide bonds. The largest absolute Gasteiger partial charge is 0.416 e. The first kappa shape index (κ1) is 16.7. The van der Waals surface area contributed by atoms with E-state index in [2.05, 4.69) is 20.2 Å². The van der Waals surface area contributed by atoms with E-state index in [1.807, 2.05) is 6.92 Å². The predicted molar refractivity (Wildman–Crippen MR) is 85.5 cm³/mol. The second-order valence-electron chi connectivity index (χ2n) is 6.11. The number of alkyl halides is 3. The quantitative estimate of drug-likeness (QED) is 0.928. The smallest absolute Gasteiger partial charge is 0.365 e. The molecule has 0 radical (unpaired) electrons. The Morgan fingerprint density at radius 1 is 1.21 bits per heavy atom. The van der Waals surface area contributed by atoms with Crippen molar-refractivity contribution in [1.29, 1.82) is 0 Å². The van der Waals surface area contributed by atoms with Crippen LogP contribution < -0.4 is 5.32 Å². The van der Waals surface area contributed by atoms with Crippen LogP contribution in [0.25, 0.3) is 0 Å². The third-order valence-corrected chi connectivity index (χ3v) is 4.07. The lowest BCUT2D eigenvalue weighted by Gasteiger charge is -2.17. The molecule has 0 aliphatic carbocycles. The number of rotatable bonds is 4. The lowest BCUT2D eigenvalue weighted by Crippen LogP contribution is -2.26. The molecule has 24 heavy (non-hydrogen) atoms. The van der Waals surface area contributed by atoms with Crippen LogP contribution in [-0.4, -0.2) is 34.0 Å². The highest BCUT2D eigenvalue weighted by molar-refractivity contribution is 5.33. The van der Waals surface area contributed by atoms with Crippen molar-refractivity contribution < 1.29 is 13.2 Å². The van der Waals surface area contributed by atoms with Gasteiger partial charge in [0.2, 0.25) is 0 Å². The van der Waals surface area contributed by atoms with Gasteiger partial charge in [0, 0.05) is 31.9 Å². The van der Waals surface area contributed by atoms with E-state index in [4.69, 9.17) is 0 Å². The molecule has 1 fully saturated rings. The molecule has 3 rings (SSSR count). The van der Waals surface area contributed by atoms with E-state index >= 15 is 0 Å². The Balaban J connectivity index is 1.54. The van der Waals surface area contributed by atoms with Gasteiger partial charge >= 0.3 is 6.18 Å². The second-order valence-corrected chi connectivity index (χ2v) is 6.11. The predicted octanol–water partition coefficient (Wildman–Crippen LogP) is 3.49. The van der Waals surface area contributed by atoms with Crippen LogP contribution >= 0.6 is 0 Å². The molecular formula is C17H19F3N4. The minimum atomic E-state index is -4.28. The van der Waals surface area contributed by atoms with Crippen LogP contribution in [0, 0.1) is 6.92 Å². The SMILES string of the molecule is Cc1cncc(NC2CCN(Cc3ccc(C(F)(F)F)cc3)C2)n1. The van der Waals surface area contributed by atoms with E-state index in [9.17, 15) is 13.2 Å². The summed E-state index contributed by atoms with van der Waals surface area (Å²) in [6.45, 7) is 4.27. The van der Waals surface area contributed by atoms with E-state index in [1.54, 1.807) is 24.5 Å². The normalized spacial score (nSPS) is 18.8. The van der Waals surface area contributed by atoms with Crippen molar-refractivity contribution in [3.8, 4) is 0 Å². The lowest BCUT2D eigenvalue weighted by molar-refractivity contribution is -0.137. The molecule has 7 heteroatoms. The van der Waals surface area contributed by atoms with Gasteiger partial charge in [-0.2, -0.15) is 13.2 Å². The Bertz CT molecular complexity index is 685. The summed E-state index contributed by atoms with van der Waals surface area (Å²) < 4.78 is 37.7. The van der Waals surface area contributed by atoms with E-state index < -0.39 is 11.7 Å². The van der Waals surface area contributed by atoms with Crippen LogP contribution in [0.5, 0.6) is 0 Å². The Labute approximate surface area is 138 Å². The average molecular weight is 336 g/mol. The molecule has 1 unspecified atom stereocenters. The van der Waals surface area contributed by atoms with Crippen molar-refractivity contribution in [3.05, 3.63) is 53.5 Å². The zero-order valence-corrected chi connectivity index (χ0v) is 13.3. The monoisotopic (exact) mass is 336 g/mol. The number of nitrogens with zero attached hydrogens (tertiary/aromatic N) is 3. The Morgan fingerprint density at radius 2 is 1.96 bits per heavy atom. The molecule has 128 valence electrons. The molecule has 0 bridgehead atoms. The van der Waals surface area contributed by atoms with Crippen molar-refractivity contribution >= 4 is 5.82 Å². The van der Waals surface area contributed by atoms with Gasteiger partial charge in [0.1, 0.15) is 5.82 Å². The molecule has 1 N–H and O–H groups in total. The summed E-state index contributed by atoms with van der Waals surface area (Å²) in [5.74, 6) is 0.761. The summed E-state index contributed by atoms with van der Waals surface area (Å²) in [5.41, 5.74) is 1.14. The number of halogens is 3. The summed E-state index contributed by atoms with van der Waals surface area (Å²) in [5, 5.41) is 3.36. The minimum Gasteiger partial charge on any atom is -0.365 e. The lowest BCUT2D eigenvalue weighted by atomic mass is 10.1. The third kappa shape index (κ3) is 4.23. The molecule has 4 nitrogen and oxygen atoms in total. The van der Waals surface area contributed by atoms with Crippen LogP contribution in [0.3, 0.4) is 0 Å². The molecule has 1 aromatic heterocycles. The third-order valence-electron chi connectivity index (χ3n) is 4.07. The van der Waals surface area contributed by atoms with E-state index in [1.165, 1.54) is 0 Å². The molecule has 0 saturated carbocycles. The first-order valence-electron chi connectivity index (χ1n) is 7.84. The number of likely N-dealkylation sites (tertiary alicyclic amines) is 1. The van der Waals surface area contributed by atoms with Gasteiger partial charge in [0.15, 0.2) is 0 Å². The first-order chi connectivity index (χ1) is 11.4. The Morgan fingerprint density at radius 3 is 2.62 bits per heavy atom. The zero-order chi connectivity index (χ0) is 17.2. The highest BCUT2D eigenvalue weighted by Gasteiger charge is 2.30. The minimum absolute atomic E-state index is 0.274. The van der Waals surface area contributed by atoms with Gasteiger partial charge in [0.05, 0.1) is 17.5 Å². The van der Waals surface area contributed by atoms with E-state index in [0.29, 0.717) is 6.54 Å². The number of nitrogens with one attached hydrogen (secondary N) is 1. The van der Waals surface area contributed by atoms with Crippen molar-refractivity contribution in [3.63, 3.8) is 0 Å².